The lowest BCUT2D eigenvalue weighted by molar-refractivity contribution is -0.918. The molecule has 1 saturated heterocycles. The van der Waals surface area contributed by atoms with Crippen molar-refractivity contribution < 1.29 is 19.1 Å². The first-order chi connectivity index (χ1) is 13.9. The van der Waals surface area contributed by atoms with Gasteiger partial charge >= 0.3 is 0 Å². The second-order valence-corrected chi connectivity index (χ2v) is 11.7. The highest BCUT2D eigenvalue weighted by atomic mass is 16.5. The number of nitrogens with zero attached hydrogens (tertiary/aromatic N) is 1. The van der Waals surface area contributed by atoms with Crippen LogP contribution in [0.3, 0.4) is 0 Å². The van der Waals surface area contributed by atoms with E-state index in [2.05, 4.69) is 72.9 Å². The van der Waals surface area contributed by atoms with Crippen LogP contribution in [0, 0.1) is 11.3 Å². The summed E-state index contributed by atoms with van der Waals surface area (Å²) in [5.74, 6) is 1.69. The Kier molecular flexibility index (Phi) is 8.79. The van der Waals surface area contributed by atoms with E-state index in [1.165, 1.54) is 18.4 Å². The lowest BCUT2D eigenvalue weighted by Crippen LogP contribution is -2.53. The smallest absolute Gasteiger partial charge is 0.126 e. The molecule has 1 aliphatic heterocycles. The number of benzene rings is 1. The van der Waals surface area contributed by atoms with Gasteiger partial charge in [0.1, 0.15) is 25.0 Å². The molecule has 4 heteroatoms. The maximum Gasteiger partial charge on any atom is 0.126 e. The van der Waals surface area contributed by atoms with Crippen LogP contribution in [0.15, 0.2) is 24.3 Å². The van der Waals surface area contributed by atoms with Gasteiger partial charge < -0.3 is 19.1 Å². The van der Waals surface area contributed by atoms with Gasteiger partial charge in [-0.3, -0.25) is 0 Å². The van der Waals surface area contributed by atoms with Gasteiger partial charge in [0.2, 0.25) is 0 Å². The van der Waals surface area contributed by atoms with Crippen molar-refractivity contribution in [1.82, 2.24) is 0 Å². The number of hydrogen-bond acceptors (Lipinski definition) is 3. The summed E-state index contributed by atoms with van der Waals surface area (Å²) in [6, 6.07) is 8.46. The van der Waals surface area contributed by atoms with Crippen LogP contribution in [-0.4, -0.2) is 62.2 Å². The van der Waals surface area contributed by atoms with E-state index < -0.39 is 6.10 Å². The SMILES string of the molecule is CC1CC[N+](C)(C[C@H](O)COCCOc2ccc(C(C)(C)CC(C)(C)C)cc2)CC1. The van der Waals surface area contributed by atoms with Crippen LogP contribution < -0.4 is 4.74 Å². The first kappa shape index (κ1) is 25.2. The van der Waals surface area contributed by atoms with Gasteiger partial charge in [-0.05, 0) is 53.7 Å². The first-order valence-corrected chi connectivity index (χ1v) is 11.7. The van der Waals surface area contributed by atoms with Crippen LogP contribution >= 0.6 is 0 Å². The normalized spacial score (nSPS) is 23.9. The van der Waals surface area contributed by atoms with Crippen LogP contribution in [0.25, 0.3) is 0 Å². The molecule has 1 atom stereocenters. The van der Waals surface area contributed by atoms with Crippen LogP contribution in [0.5, 0.6) is 5.75 Å². The zero-order valence-corrected chi connectivity index (χ0v) is 20.5. The molecule has 0 unspecified atom stereocenters. The molecule has 1 aliphatic rings. The number of piperidine rings is 1. The lowest BCUT2D eigenvalue weighted by atomic mass is 9.72. The molecule has 0 bridgehead atoms. The van der Waals surface area contributed by atoms with Gasteiger partial charge in [0, 0.05) is 0 Å². The molecule has 0 spiro atoms. The number of likely N-dealkylation sites (N-methyl/N-ethyl adjacent to an activating group) is 1. The maximum absolute atomic E-state index is 10.4. The van der Waals surface area contributed by atoms with E-state index in [1.807, 2.05) is 0 Å². The van der Waals surface area contributed by atoms with Crippen LogP contribution in [0.4, 0.5) is 0 Å². The lowest BCUT2D eigenvalue weighted by Gasteiger charge is -2.41. The summed E-state index contributed by atoms with van der Waals surface area (Å²) in [7, 11) is 2.25. The van der Waals surface area contributed by atoms with Gasteiger partial charge in [-0.15, -0.1) is 0 Å². The number of aliphatic hydroxyl groups excluding tert-OH is 1. The van der Waals surface area contributed by atoms with Gasteiger partial charge in [-0.25, -0.2) is 0 Å². The van der Waals surface area contributed by atoms with Crippen molar-refractivity contribution in [2.75, 3.05) is 46.5 Å². The minimum atomic E-state index is -0.410. The Labute approximate surface area is 185 Å². The Morgan fingerprint density at radius 2 is 1.63 bits per heavy atom. The molecule has 172 valence electrons. The molecule has 0 aromatic heterocycles. The average Bonchev–Trinajstić information content (AvgIpc) is 2.62. The molecular formula is C26H46NO3+. The predicted molar refractivity (Wildman–Crippen MR) is 125 cm³/mol. The van der Waals surface area contributed by atoms with Gasteiger partial charge in [-0.1, -0.05) is 53.7 Å². The molecule has 1 fully saturated rings. The van der Waals surface area contributed by atoms with Crippen molar-refractivity contribution in [2.24, 2.45) is 11.3 Å². The summed E-state index contributed by atoms with van der Waals surface area (Å²) in [5.41, 5.74) is 1.78. The summed E-state index contributed by atoms with van der Waals surface area (Å²) in [4.78, 5) is 0. The zero-order valence-electron chi connectivity index (χ0n) is 20.5. The number of quaternary nitrogens is 1. The molecule has 0 aliphatic carbocycles. The summed E-state index contributed by atoms with van der Waals surface area (Å²) >= 11 is 0. The fourth-order valence-corrected chi connectivity index (χ4v) is 4.93. The van der Waals surface area contributed by atoms with Gasteiger partial charge in [0.05, 0.1) is 33.4 Å². The second kappa shape index (κ2) is 10.5. The third-order valence-electron chi connectivity index (χ3n) is 6.39. The topological polar surface area (TPSA) is 38.7 Å². The van der Waals surface area contributed by atoms with Crippen molar-refractivity contribution >= 4 is 0 Å². The van der Waals surface area contributed by atoms with E-state index in [1.54, 1.807) is 0 Å². The van der Waals surface area contributed by atoms with Gasteiger partial charge in [-0.2, -0.15) is 0 Å². The van der Waals surface area contributed by atoms with E-state index in [4.69, 9.17) is 9.47 Å². The highest BCUT2D eigenvalue weighted by molar-refractivity contribution is 5.31. The molecule has 1 aromatic carbocycles. The fourth-order valence-electron chi connectivity index (χ4n) is 4.93. The Balaban J connectivity index is 1.67. The number of hydrogen-bond donors (Lipinski definition) is 1. The molecule has 4 nitrogen and oxygen atoms in total. The minimum absolute atomic E-state index is 0.140. The maximum atomic E-state index is 10.4. The Morgan fingerprint density at radius 1 is 1.03 bits per heavy atom. The van der Waals surface area contributed by atoms with E-state index in [9.17, 15) is 5.11 Å². The van der Waals surface area contributed by atoms with Crippen molar-refractivity contribution in [3.8, 4) is 5.75 Å². The first-order valence-electron chi connectivity index (χ1n) is 11.7. The average molecular weight is 421 g/mol. The third-order valence-corrected chi connectivity index (χ3v) is 6.39. The summed E-state index contributed by atoms with van der Waals surface area (Å²) in [6.07, 6.45) is 3.23. The highest BCUT2D eigenvalue weighted by Gasteiger charge is 2.30. The second-order valence-electron chi connectivity index (χ2n) is 11.7. The van der Waals surface area contributed by atoms with Crippen molar-refractivity contribution in [1.29, 1.82) is 0 Å². The van der Waals surface area contributed by atoms with Gasteiger partial charge in [0.15, 0.2) is 0 Å². The largest absolute Gasteiger partial charge is 0.491 e. The van der Waals surface area contributed by atoms with Crippen molar-refractivity contribution in [2.45, 2.75) is 72.3 Å². The molecule has 30 heavy (non-hydrogen) atoms. The Bertz CT molecular complexity index is 625. The third kappa shape index (κ3) is 8.56. The van der Waals surface area contributed by atoms with Crippen LogP contribution in [0.2, 0.25) is 0 Å². The van der Waals surface area contributed by atoms with E-state index >= 15 is 0 Å². The monoisotopic (exact) mass is 420 g/mol. The quantitative estimate of drug-likeness (QED) is 0.426. The Hall–Kier alpha value is -1.10. The summed E-state index contributed by atoms with van der Waals surface area (Å²) in [5, 5.41) is 10.4. The van der Waals surface area contributed by atoms with E-state index in [0.717, 1.165) is 42.2 Å². The molecule has 0 radical (unpaired) electrons. The van der Waals surface area contributed by atoms with E-state index in [-0.39, 0.29) is 5.41 Å². The highest BCUT2D eigenvalue weighted by Crippen LogP contribution is 2.36. The van der Waals surface area contributed by atoms with Crippen LogP contribution in [0.1, 0.15) is 66.4 Å². The fraction of sp³-hybridized carbons (Fsp3) is 0.769. The number of likely N-dealkylation sites (tertiary alicyclic amines) is 1. The molecule has 0 amide bonds. The summed E-state index contributed by atoms with van der Waals surface area (Å²) < 4.78 is 12.5. The van der Waals surface area contributed by atoms with E-state index in [0.29, 0.717) is 25.2 Å². The molecule has 1 heterocycles. The van der Waals surface area contributed by atoms with Crippen molar-refractivity contribution in [3.05, 3.63) is 29.8 Å². The van der Waals surface area contributed by atoms with Crippen molar-refractivity contribution in [3.63, 3.8) is 0 Å². The molecule has 1 N–H and O–H groups in total. The molecule has 1 aromatic rings. The Morgan fingerprint density at radius 3 is 2.20 bits per heavy atom. The zero-order chi connectivity index (χ0) is 22.4. The molecular weight excluding hydrogens is 374 g/mol. The predicted octanol–water partition coefficient (Wildman–Crippen LogP) is 5.03. The number of rotatable bonds is 10. The van der Waals surface area contributed by atoms with Gasteiger partial charge in [0.25, 0.3) is 0 Å². The molecule has 2 rings (SSSR count). The number of ether oxygens (including phenoxy) is 2. The minimum Gasteiger partial charge on any atom is -0.491 e. The molecule has 0 saturated carbocycles. The standard InChI is InChI=1S/C26H46NO3/c1-21-12-14-27(7,15-13-21)18-23(28)19-29-16-17-30-24-10-8-22(9-11-24)26(5,6)20-25(2,3)4/h8-11,21,23,28H,12-20H2,1-7H3/q+1/t21?,23-,27?/m0/s1. The number of aliphatic hydroxyl groups is 1. The summed E-state index contributed by atoms with van der Waals surface area (Å²) in [6.45, 7) is 18.3. The van der Waals surface area contributed by atoms with Crippen LogP contribution in [-0.2, 0) is 10.2 Å².